The molecule has 1 N–H and O–H groups in total. The summed E-state index contributed by atoms with van der Waals surface area (Å²) in [6.45, 7) is 3.79. The van der Waals surface area contributed by atoms with E-state index in [4.69, 9.17) is 14.2 Å². The number of ether oxygens (including phenoxy) is 3. The summed E-state index contributed by atoms with van der Waals surface area (Å²) in [5, 5.41) is 14.9. The molecular formula is C24H29F2N3O4. The first-order valence-electron chi connectivity index (χ1n) is 10.6. The largest absolute Gasteiger partial charge is 0.438 e. The Balaban J connectivity index is 2.00. The summed E-state index contributed by atoms with van der Waals surface area (Å²) < 4.78 is 45.2. The molecule has 3 aromatic rings. The van der Waals surface area contributed by atoms with Crippen LogP contribution in [-0.4, -0.2) is 66.4 Å². The number of aliphatic hydroxyl groups excluding tert-OH is 1. The van der Waals surface area contributed by atoms with Gasteiger partial charge in [0, 0.05) is 39.9 Å². The first kappa shape index (κ1) is 24.8. The number of nitrogens with zero attached hydrogens (tertiary/aromatic N) is 3. The van der Waals surface area contributed by atoms with E-state index < -0.39 is 11.9 Å². The molecule has 0 aliphatic rings. The second-order valence-electron chi connectivity index (χ2n) is 7.65. The lowest BCUT2D eigenvalue weighted by atomic mass is 10.2. The molecule has 0 bridgehead atoms. The van der Waals surface area contributed by atoms with Crippen LogP contribution in [0.5, 0.6) is 11.6 Å². The smallest absolute Gasteiger partial charge is 0.227 e. The Morgan fingerprint density at radius 1 is 1.06 bits per heavy atom. The maximum absolute atomic E-state index is 13.8. The third kappa shape index (κ3) is 6.82. The molecule has 0 aliphatic carbocycles. The van der Waals surface area contributed by atoms with Gasteiger partial charge >= 0.3 is 0 Å². The van der Waals surface area contributed by atoms with Gasteiger partial charge in [0.25, 0.3) is 0 Å². The molecule has 0 spiro atoms. The van der Waals surface area contributed by atoms with Crippen LogP contribution in [-0.2, 0) is 16.0 Å². The predicted molar refractivity (Wildman–Crippen MR) is 120 cm³/mol. The normalized spacial score (nSPS) is 12.3. The van der Waals surface area contributed by atoms with Gasteiger partial charge in [0.15, 0.2) is 0 Å². The lowest BCUT2D eigenvalue weighted by Gasteiger charge is -2.25. The van der Waals surface area contributed by atoms with Crippen molar-refractivity contribution in [1.82, 2.24) is 14.7 Å². The Kier molecular flexibility index (Phi) is 8.90. The van der Waals surface area contributed by atoms with Gasteiger partial charge in [-0.05, 0) is 43.3 Å². The van der Waals surface area contributed by atoms with Crippen molar-refractivity contribution < 1.29 is 28.1 Å². The summed E-state index contributed by atoms with van der Waals surface area (Å²) in [5.74, 6) is -0.105. The van der Waals surface area contributed by atoms with Gasteiger partial charge < -0.3 is 19.3 Å². The number of rotatable bonds is 12. The van der Waals surface area contributed by atoms with E-state index in [0.717, 1.165) is 5.56 Å². The van der Waals surface area contributed by atoms with Crippen LogP contribution in [0.3, 0.4) is 0 Å². The van der Waals surface area contributed by atoms with Gasteiger partial charge in [-0.1, -0.05) is 6.07 Å². The maximum Gasteiger partial charge on any atom is 0.227 e. The van der Waals surface area contributed by atoms with E-state index in [9.17, 15) is 13.9 Å². The average Bonchev–Trinajstić information content (AvgIpc) is 3.08. The van der Waals surface area contributed by atoms with Gasteiger partial charge in [0.05, 0.1) is 36.3 Å². The Labute approximate surface area is 192 Å². The first-order chi connectivity index (χ1) is 15.9. The summed E-state index contributed by atoms with van der Waals surface area (Å²) in [6, 6.07) is 11.7. The minimum Gasteiger partial charge on any atom is -0.438 e. The zero-order chi connectivity index (χ0) is 23.8. The number of aryl methyl sites for hydroxylation is 1. The molecule has 178 valence electrons. The molecule has 3 rings (SSSR count). The van der Waals surface area contributed by atoms with Crippen LogP contribution in [0.15, 0.2) is 48.5 Å². The van der Waals surface area contributed by atoms with Gasteiger partial charge in [-0.25, -0.2) is 13.5 Å². The molecule has 0 saturated heterocycles. The van der Waals surface area contributed by atoms with Crippen molar-refractivity contribution in [3.05, 3.63) is 71.4 Å². The number of aromatic nitrogens is 2. The third-order valence-electron chi connectivity index (χ3n) is 5.04. The highest BCUT2D eigenvalue weighted by molar-refractivity contribution is 5.43. The minimum atomic E-state index is -0.688. The van der Waals surface area contributed by atoms with Gasteiger partial charge in [0.2, 0.25) is 5.88 Å². The number of halogens is 2. The van der Waals surface area contributed by atoms with E-state index in [0.29, 0.717) is 49.3 Å². The summed E-state index contributed by atoms with van der Waals surface area (Å²) in [6.07, 6.45) is -0.688. The number of hydrogen-bond acceptors (Lipinski definition) is 6. The summed E-state index contributed by atoms with van der Waals surface area (Å²) in [7, 11) is 3.14. The molecule has 33 heavy (non-hydrogen) atoms. The highest BCUT2D eigenvalue weighted by Gasteiger charge is 2.23. The van der Waals surface area contributed by atoms with Crippen molar-refractivity contribution in [3.8, 4) is 17.3 Å². The second kappa shape index (κ2) is 11.9. The highest BCUT2D eigenvalue weighted by atomic mass is 19.1. The van der Waals surface area contributed by atoms with E-state index in [1.54, 1.807) is 36.1 Å². The van der Waals surface area contributed by atoms with Crippen LogP contribution >= 0.6 is 0 Å². The second-order valence-corrected chi connectivity index (χ2v) is 7.65. The fourth-order valence-corrected chi connectivity index (χ4v) is 3.45. The molecule has 7 nitrogen and oxygen atoms in total. The van der Waals surface area contributed by atoms with Crippen LogP contribution in [0.4, 0.5) is 8.78 Å². The average molecular weight is 462 g/mol. The lowest BCUT2D eigenvalue weighted by molar-refractivity contribution is 0.0291. The van der Waals surface area contributed by atoms with Crippen molar-refractivity contribution in [2.24, 2.45) is 0 Å². The van der Waals surface area contributed by atoms with Crippen molar-refractivity contribution in [1.29, 1.82) is 0 Å². The number of hydrogen-bond donors (Lipinski definition) is 1. The molecular weight excluding hydrogens is 432 g/mol. The number of methoxy groups -OCH3 is 2. The molecule has 0 aliphatic heterocycles. The van der Waals surface area contributed by atoms with E-state index in [1.807, 2.05) is 11.8 Å². The lowest BCUT2D eigenvalue weighted by Crippen LogP contribution is -2.36. The van der Waals surface area contributed by atoms with Gasteiger partial charge in [0.1, 0.15) is 17.4 Å². The number of benzene rings is 2. The van der Waals surface area contributed by atoms with E-state index >= 15 is 0 Å². The molecule has 0 amide bonds. The van der Waals surface area contributed by atoms with Crippen LogP contribution in [0, 0.1) is 18.6 Å². The summed E-state index contributed by atoms with van der Waals surface area (Å²) >= 11 is 0. The molecule has 1 heterocycles. The molecule has 0 unspecified atom stereocenters. The van der Waals surface area contributed by atoms with Crippen LogP contribution in [0.1, 0.15) is 11.3 Å². The van der Waals surface area contributed by atoms with Crippen LogP contribution in [0.25, 0.3) is 5.69 Å². The molecule has 1 atom stereocenters. The molecule has 0 radical (unpaired) electrons. The van der Waals surface area contributed by atoms with Crippen LogP contribution in [0.2, 0.25) is 0 Å². The Hall–Kier alpha value is -2.85. The van der Waals surface area contributed by atoms with Crippen molar-refractivity contribution in [2.75, 3.05) is 40.5 Å². The molecule has 9 heteroatoms. The quantitative estimate of drug-likeness (QED) is 0.444. The maximum atomic E-state index is 13.8. The SMILES string of the molecule is COCCN(Cc1c(C)nn(-c2ccc(F)cc2)c1Oc1cccc(F)c1)C[C@H](O)COC. The zero-order valence-electron chi connectivity index (χ0n) is 19.0. The fourth-order valence-electron chi connectivity index (χ4n) is 3.45. The first-order valence-corrected chi connectivity index (χ1v) is 10.6. The standard InChI is InChI=1S/C24H29F2N3O4/c1-17-23(15-28(11-12-31-2)14-21(30)16-32-3)24(33-22-6-4-5-19(26)13-22)29(27-17)20-9-7-18(25)8-10-20/h4-10,13,21,30H,11-12,14-16H2,1-3H3/t21-/m0/s1. The molecule has 2 aromatic carbocycles. The van der Waals surface area contributed by atoms with Gasteiger partial charge in [-0.2, -0.15) is 5.10 Å². The Morgan fingerprint density at radius 2 is 1.82 bits per heavy atom. The number of aliphatic hydroxyl groups is 1. The monoisotopic (exact) mass is 461 g/mol. The van der Waals surface area contributed by atoms with Gasteiger partial charge in [-0.3, -0.25) is 4.90 Å². The third-order valence-corrected chi connectivity index (χ3v) is 5.04. The highest BCUT2D eigenvalue weighted by Crippen LogP contribution is 2.32. The van der Waals surface area contributed by atoms with Gasteiger partial charge in [-0.15, -0.1) is 0 Å². The molecule has 1 aromatic heterocycles. The van der Waals surface area contributed by atoms with Crippen LogP contribution < -0.4 is 4.74 Å². The Morgan fingerprint density at radius 3 is 2.48 bits per heavy atom. The zero-order valence-corrected chi connectivity index (χ0v) is 19.0. The summed E-state index contributed by atoms with van der Waals surface area (Å²) in [5.41, 5.74) is 2.04. The molecule has 0 saturated carbocycles. The van der Waals surface area contributed by atoms with Crippen molar-refractivity contribution in [2.45, 2.75) is 19.6 Å². The minimum absolute atomic E-state index is 0.198. The van der Waals surface area contributed by atoms with Crippen molar-refractivity contribution in [3.63, 3.8) is 0 Å². The topological polar surface area (TPSA) is 69.0 Å². The van der Waals surface area contributed by atoms with Crippen molar-refractivity contribution >= 4 is 0 Å². The fraction of sp³-hybridized carbons (Fsp3) is 0.375. The Bertz CT molecular complexity index is 1030. The summed E-state index contributed by atoms with van der Waals surface area (Å²) in [4.78, 5) is 2.00. The van der Waals surface area contributed by atoms with E-state index in [1.165, 1.54) is 31.4 Å². The van der Waals surface area contributed by atoms with E-state index in [-0.39, 0.29) is 12.4 Å². The molecule has 0 fully saturated rings. The predicted octanol–water partition coefficient (Wildman–Crippen LogP) is 3.71. The van der Waals surface area contributed by atoms with E-state index in [2.05, 4.69) is 5.10 Å².